The van der Waals surface area contributed by atoms with Gasteiger partial charge in [-0.1, -0.05) is 27.7 Å². The largest absolute Gasteiger partial charge is 0.381 e. The van der Waals surface area contributed by atoms with Crippen molar-refractivity contribution < 1.29 is 14.2 Å². The molecule has 0 spiro atoms. The van der Waals surface area contributed by atoms with Gasteiger partial charge in [0.1, 0.15) is 0 Å². The standard InChI is InChI=1S/C20H37NO3/c1-12(2)14-7-8-23-19(14)17-11-24-20(18(17)21(5)6)16-10-22-9-15(16)13(3)4/h12-20H,7-11H2,1-6H3/t14?,15-,16?,17?,18+,19?,20?/m0/s1. The first-order valence-corrected chi connectivity index (χ1v) is 9.89. The van der Waals surface area contributed by atoms with E-state index in [0.717, 1.165) is 26.4 Å². The van der Waals surface area contributed by atoms with E-state index in [9.17, 15) is 0 Å². The molecule has 140 valence electrons. The van der Waals surface area contributed by atoms with Crippen LogP contribution in [-0.4, -0.2) is 63.7 Å². The molecule has 5 unspecified atom stereocenters. The van der Waals surface area contributed by atoms with E-state index in [4.69, 9.17) is 14.2 Å². The summed E-state index contributed by atoms with van der Waals surface area (Å²) in [6, 6.07) is 0.433. The lowest BCUT2D eigenvalue weighted by molar-refractivity contribution is 0.00487. The van der Waals surface area contributed by atoms with Gasteiger partial charge in [0.15, 0.2) is 0 Å². The molecule has 0 aromatic heterocycles. The SMILES string of the molecule is CC(C)C1CCOC1C1COC(C2COC[C@H]2C(C)C)[C@@H]1N(C)C. The molecule has 0 amide bonds. The summed E-state index contributed by atoms with van der Waals surface area (Å²) in [7, 11) is 4.41. The maximum atomic E-state index is 6.44. The molecule has 3 heterocycles. The van der Waals surface area contributed by atoms with E-state index in [1.807, 2.05) is 0 Å². The van der Waals surface area contributed by atoms with Crippen molar-refractivity contribution >= 4 is 0 Å². The highest BCUT2D eigenvalue weighted by Crippen LogP contribution is 2.43. The fourth-order valence-electron chi connectivity index (χ4n) is 5.40. The van der Waals surface area contributed by atoms with Crippen molar-refractivity contribution in [3.63, 3.8) is 0 Å². The molecule has 4 nitrogen and oxygen atoms in total. The van der Waals surface area contributed by atoms with Gasteiger partial charge in [0, 0.05) is 24.5 Å². The van der Waals surface area contributed by atoms with Crippen molar-refractivity contribution in [1.82, 2.24) is 4.90 Å². The Balaban J connectivity index is 1.78. The zero-order chi connectivity index (χ0) is 17.4. The van der Waals surface area contributed by atoms with Crippen LogP contribution in [0.25, 0.3) is 0 Å². The zero-order valence-corrected chi connectivity index (χ0v) is 16.4. The molecule has 3 aliphatic rings. The predicted molar refractivity (Wildman–Crippen MR) is 96.0 cm³/mol. The van der Waals surface area contributed by atoms with Crippen molar-refractivity contribution in [2.24, 2.45) is 35.5 Å². The molecule has 0 N–H and O–H groups in total. The highest BCUT2D eigenvalue weighted by atomic mass is 16.5. The van der Waals surface area contributed by atoms with Gasteiger partial charge in [-0.15, -0.1) is 0 Å². The molecular weight excluding hydrogens is 302 g/mol. The molecule has 24 heavy (non-hydrogen) atoms. The van der Waals surface area contributed by atoms with Gasteiger partial charge in [-0.25, -0.2) is 0 Å². The first kappa shape index (κ1) is 18.6. The van der Waals surface area contributed by atoms with Crippen LogP contribution >= 0.6 is 0 Å². The summed E-state index contributed by atoms with van der Waals surface area (Å²) in [5.41, 5.74) is 0. The van der Waals surface area contributed by atoms with Crippen LogP contribution < -0.4 is 0 Å². The highest BCUT2D eigenvalue weighted by Gasteiger charge is 2.52. The van der Waals surface area contributed by atoms with Gasteiger partial charge in [0.05, 0.1) is 32.0 Å². The quantitative estimate of drug-likeness (QED) is 0.771. The van der Waals surface area contributed by atoms with Crippen LogP contribution in [0.15, 0.2) is 0 Å². The lowest BCUT2D eigenvalue weighted by Gasteiger charge is -2.37. The Kier molecular flexibility index (Phi) is 5.90. The summed E-state index contributed by atoms with van der Waals surface area (Å²) in [4.78, 5) is 2.39. The molecule has 0 radical (unpaired) electrons. The average Bonchev–Trinajstić information content (AvgIpc) is 3.24. The Morgan fingerprint density at radius 3 is 2.12 bits per heavy atom. The maximum Gasteiger partial charge on any atom is 0.0788 e. The van der Waals surface area contributed by atoms with Crippen molar-refractivity contribution in [2.75, 3.05) is 40.5 Å². The second kappa shape index (κ2) is 7.61. The van der Waals surface area contributed by atoms with Crippen LogP contribution in [0.1, 0.15) is 34.1 Å². The summed E-state index contributed by atoms with van der Waals surface area (Å²) < 4.78 is 18.5. The van der Waals surface area contributed by atoms with Crippen LogP contribution in [0.5, 0.6) is 0 Å². The molecule has 7 atom stereocenters. The van der Waals surface area contributed by atoms with E-state index in [-0.39, 0.29) is 6.10 Å². The van der Waals surface area contributed by atoms with E-state index in [0.29, 0.717) is 47.7 Å². The summed E-state index contributed by atoms with van der Waals surface area (Å²) in [5.74, 6) is 3.60. The van der Waals surface area contributed by atoms with Gasteiger partial charge in [-0.05, 0) is 44.2 Å². The van der Waals surface area contributed by atoms with E-state index < -0.39 is 0 Å². The monoisotopic (exact) mass is 339 g/mol. The second-order valence-corrected chi connectivity index (χ2v) is 9.06. The third kappa shape index (κ3) is 3.40. The molecule has 3 fully saturated rings. The molecule has 0 saturated carbocycles. The predicted octanol–water partition coefficient (Wildman–Crippen LogP) is 2.91. The molecule has 0 bridgehead atoms. The summed E-state index contributed by atoms with van der Waals surface area (Å²) >= 11 is 0. The average molecular weight is 340 g/mol. The molecule has 0 aromatic carbocycles. The molecule has 0 aliphatic carbocycles. The third-order valence-electron chi connectivity index (χ3n) is 6.76. The van der Waals surface area contributed by atoms with Crippen LogP contribution in [0.3, 0.4) is 0 Å². The second-order valence-electron chi connectivity index (χ2n) is 9.06. The van der Waals surface area contributed by atoms with Gasteiger partial charge in [-0.2, -0.15) is 0 Å². The minimum atomic E-state index is 0.275. The normalized spacial score (nSPS) is 43.6. The Hall–Kier alpha value is -0.160. The van der Waals surface area contributed by atoms with Gasteiger partial charge in [-0.3, -0.25) is 0 Å². The van der Waals surface area contributed by atoms with Gasteiger partial charge in [0.2, 0.25) is 0 Å². The Bertz CT molecular complexity index is 378. The maximum absolute atomic E-state index is 6.44. The minimum absolute atomic E-state index is 0.275. The fraction of sp³-hybridized carbons (Fsp3) is 1.00. The van der Waals surface area contributed by atoms with Crippen molar-refractivity contribution in [2.45, 2.75) is 52.4 Å². The number of nitrogens with zero attached hydrogens (tertiary/aromatic N) is 1. The van der Waals surface area contributed by atoms with Crippen molar-refractivity contribution in [3.8, 4) is 0 Å². The third-order valence-corrected chi connectivity index (χ3v) is 6.76. The van der Waals surface area contributed by atoms with Gasteiger partial charge < -0.3 is 19.1 Å². The smallest absolute Gasteiger partial charge is 0.0788 e. The summed E-state index contributed by atoms with van der Waals surface area (Å²) in [5, 5.41) is 0. The molecule has 3 rings (SSSR count). The molecular formula is C20H37NO3. The van der Waals surface area contributed by atoms with Crippen LogP contribution in [0.4, 0.5) is 0 Å². The summed E-state index contributed by atoms with van der Waals surface area (Å²) in [6.45, 7) is 12.8. The number of ether oxygens (including phenoxy) is 3. The summed E-state index contributed by atoms with van der Waals surface area (Å²) in [6.07, 6.45) is 1.82. The van der Waals surface area contributed by atoms with Crippen LogP contribution in [0.2, 0.25) is 0 Å². The lowest BCUT2D eigenvalue weighted by atomic mass is 9.75. The van der Waals surface area contributed by atoms with Gasteiger partial charge in [0.25, 0.3) is 0 Å². The van der Waals surface area contributed by atoms with Crippen LogP contribution in [0, 0.1) is 35.5 Å². The fourth-order valence-corrected chi connectivity index (χ4v) is 5.40. The minimum Gasteiger partial charge on any atom is -0.381 e. The first-order valence-electron chi connectivity index (χ1n) is 9.89. The van der Waals surface area contributed by atoms with E-state index in [1.54, 1.807) is 0 Å². The van der Waals surface area contributed by atoms with Crippen LogP contribution in [-0.2, 0) is 14.2 Å². The Morgan fingerprint density at radius 1 is 0.792 bits per heavy atom. The molecule has 4 heteroatoms. The number of hydrogen-bond acceptors (Lipinski definition) is 4. The van der Waals surface area contributed by atoms with Crippen molar-refractivity contribution in [1.29, 1.82) is 0 Å². The number of likely N-dealkylation sites (N-methyl/N-ethyl adjacent to an activating group) is 1. The van der Waals surface area contributed by atoms with Gasteiger partial charge >= 0.3 is 0 Å². The zero-order valence-electron chi connectivity index (χ0n) is 16.4. The number of rotatable bonds is 5. The first-order chi connectivity index (χ1) is 11.4. The Labute approximate surface area is 148 Å². The lowest BCUT2D eigenvalue weighted by Crippen LogP contribution is -2.49. The topological polar surface area (TPSA) is 30.9 Å². The van der Waals surface area contributed by atoms with Crippen molar-refractivity contribution in [3.05, 3.63) is 0 Å². The van der Waals surface area contributed by atoms with E-state index >= 15 is 0 Å². The molecule has 3 aliphatic heterocycles. The Morgan fingerprint density at radius 2 is 1.50 bits per heavy atom. The highest BCUT2D eigenvalue weighted by molar-refractivity contribution is 5.01. The molecule has 0 aromatic rings. The molecule has 3 saturated heterocycles. The van der Waals surface area contributed by atoms with E-state index in [2.05, 4.69) is 46.7 Å². The number of hydrogen-bond donors (Lipinski definition) is 0. The van der Waals surface area contributed by atoms with E-state index in [1.165, 1.54) is 6.42 Å².